The number of nitrogens with zero attached hydrogens (tertiary/aromatic N) is 1. The molecule has 1 saturated carbocycles. The molecule has 0 radical (unpaired) electrons. The van der Waals surface area contributed by atoms with Crippen molar-refractivity contribution in [2.24, 2.45) is 5.92 Å². The van der Waals surface area contributed by atoms with E-state index in [1.165, 1.54) is 31.2 Å². The molecule has 17 heavy (non-hydrogen) atoms. The minimum atomic E-state index is 0.143. The van der Waals surface area contributed by atoms with Gasteiger partial charge in [-0.1, -0.05) is 13.0 Å². The molecule has 1 fully saturated rings. The van der Waals surface area contributed by atoms with Crippen LogP contribution in [0.3, 0.4) is 0 Å². The summed E-state index contributed by atoms with van der Waals surface area (Å²) in [5.41, 5.74) is 1.37. The third kappa shape index (κ3) is 3.43. The fourth-order valence-corrected chi connectivity index (χ4v) is 2.83. The maximum absolute atomic E-state index is 6.17. The second kappa shape index (κ2) is 5.83. The molecule has 0 atom stereocenters. The second-order valence-electron chi connectivity index (χ2n) is 5.31. The number of aromatic nitrogens is 1. The molecule has 1 heterocycles. The Bertz CT molecular complexity index is 331. The van der Waals surface area contributed by atoms with Crippen molar-refractivity contribution in [1.82, 2.24) is 10.3 Å². The van der Waals surface area contributed by atoms with Gasteiger partial charge in [-0.2, -0.15) is 0 Å². The van der Waals surface area contributed by atoms with Gasteiger partial charge in [0.15, 0.2) is 0 Å². The molecule has 3 heteroatoms. The quantitative estimate of drug-likeness (QED) is 0.832. The lowest BCUT2D eigenvalue weighted by Crippen LogP contribution is -2.49. The Kier molecular flexibility index (Phi) is 4.41. The average molecular weight is 253 g/mol. The lowest BCUT2D eigenvalue weighted by molar-refractivity contribution is 0.216. The van der Waals surface area contributed by atoms with Crippen molar-refractivity contribution in [3.05, 3.63) is 30.1 Å². The van der Waals surface area contributed by atoms with Crippen LogP contribution in [0.2, 0.25) is 0 Å². The summed E-state index contributed by atoms with van der Waals surface area (Å²) in [7, 11) is 0. The Hall–Kier alpha value is -0.600. The molecule has 94 valence electrons. The van der Waals surface area contributed by atoms with Crippen LogP contribution in [0.25, 0.3) is 0 Å². The Morgan fingerprint density at radius 1 is 1.47 bits per heavy atom. The molecule has 2 rings (SSSR count). The fourth-order valence-electron chi connectivity index (χ4n) is 2.46. The summed E-state index contributed by atoms with van der Waals surface area (Å²) in [6, 6.07) is 4.08. The van der Waals surface area contributed by atoms with Crippen LogP contribution in [-0.2, 0) is 6.54 Å². The van der Waals surface area contributed by atoms with E-state index in [1.54, 1.807) is 0 Å². The van der Waals surface area contributed by atoms with E-state index in [2.05, 4.69) is 23.3 Å². The number of alkyl halides is 1. The summed E-state index contributed by atoms with van der Waals surface area (Å²) in [5.74, 6) is 1.56. The third-order valence-electron chi connectivity index (χ3n) is 3.88. The standard InChI is InChI=1S/C14H21ClN2/c1-12-4-6-14(11-15,7-5-12)17-10-13-3-2-8-16-9-13/h2-3,8-9,12,17H,4-7,10-11H2,1H3. The summed E-state index contributed by atoms with van der Waals surface area (Å²) in [5, 5.41) is 3.65. The minimum Gasteiger partial charge on any atom is -0.306 e. The van der Waals surface area contributed by atoms with E-state index in [1.807, 2.05) is 18.5 Å². The molecule has 1 aliphatic rings. The highest BCUT2D eigenvalue weighted by molar-refractivity contribution is 6.18. The Balaban J connectivity index is 1.91. The highest BCUT2D eigenvalue weighted by Gasteiger charge is 2.32. The predicted molar refractivity (Wildman–Crippen MR) is 72.2 cm³/mol. The molecule has 1 aromatic heterocycles. The summed E-state index contributed by atoms with van der Waals surface area (Å²) >= 11 is 6.17. The van der Waals surface area contributed by atoms with Crippen molar-refractivity contribution in [1.29, 1.82) is 0 Å². The maximum Gasteiger partial charge on any atom is 0.0406 e. The highest BCUT2D eigenvalue weighted by atomic mass is 35.5. The van der Waals surface area contributed by atoms with Gasteiger partial charge in [0.05, 0.1) is 0 Å². The van der Waals surface area contributed by atoms with E-state index in [0.717, 1.165) is 12.5 Å². The summed E-state index contributed by atoms with van der Waals surface area (Å²) < 4.78 is 0. The first-order chi connectivity index (χ1) is 8.24. The Morgan fingerprint density at radius 3 is 2.82 bits per heavy atom. The molecule has 2 nitrogen and oxygen atoms in total. The number of pyridine rings is 1. The number of hydrogen-bond acceptors (Lipinski definition) is 2. The first kappa shape index (κ1) is 12.8. The minimum absolute atomic E-state index is 0.143. The zero-order chi connectivity index (χ0) is 12.1. The largest absolute Gasteiger partial charge is 0.306 e. The SMILES string of the molecule is CC1CCC(CCl)(NCc2cccnc2)CC1. The van der Waals surface area contributed by atoms with Crippen LogP contribution in [0.15, 0.2) is 24.5 Å². The van der Waals surface area contributed by atoms with Gasteiger partial charge in [-0.05, 0) is 43.2 Å². The van der Waals surface area contributed by atoms with E-state index in [-0.39, 0.29) is 5.54 Å². The monoisotopic (exact) mass is 252 g/mol. The summed E-state index contributed by atoms with van der Waals surface area (Å²) in [4.78, 5) is 4.14. The van der Waals surface area contributed by atoms with Gasteiger partial charge in [0.1, 0.15) is 0 Å². The van der Waals surface area contributed by atoms with Crippen molar-refractivity contribution in [3.8, 4) is 0 Å². The number of nitrogens with one attached hydrogen (secondary N) is 1. The first-order valence-electron chi connectivity index (χ1n) is 6.44. The van der Waals surface area contributed by atoms with Gasteiger partial charge in [-0.25, -0.2) is 0 Å². The second-order valence-corrected chi connectivity index (χ2v) is 5.58. The van der Waals surface area contributed by atoms with Gasteiger partial charge in [0.2, 0.25) is 0 Å². The summed E-state index contributed by atoms with van der Waals surface area (Å²) in [6.07, 6.45) is 8.68. The van der Waals surface area contributed by atoms with Crippen LogP contribution in [0.4, 0.5) is 0 Å². The Morgan fingerprint density at radius 2 is 2.24 bits per heavy atom. The molecule has 0 aromatic carbocycles. The van der Waals surface area contributed by atoms with Crippen LogP contribution in [-0.4, -0.2) is 16.4 Å². The molecular formula is C14H21ClN2. The highest BCUT2D eigenvalue weighted by Crippen LogP contribution is 2.32. The van der Waals surface area contributed by atoms with Gasteiger partial charge >= 0.3 is 0 Å². The summed E-state index contributed by atoms with van der Waals surface area (Å²) in [6.45, 7) is 3.20. The molecule has 1 aromatic rings. The van der Waals surface area contributed by atoms with Gasteiger partial charge in [0.25, 0.3) is 0 Å². The zero-order valence-corrected chi connectivity index (χ0v) is 11.2. The van der Waals surface area contributed by atoms with Crippen LogP contribution < -0.4 is 5.32 Å². The number of hydrogen-bond donors (Lipinski definition) is 1. The van der Waals surface area contributed by atoms with Crippen LogP contribution in [0.1, 0.15) is 38.2 Å². The molecule has 0 amide bonds. The Labute approximate surface area is 109 Å². The fraction of sp³-hybridized carbons (Fsp3) is 0.643. The van der Waals surface area contributed by atoms with Crippen molar-refractivity contribution in [2.45, 2.75) is 44.7 Å². The predicted octanol–water partition coefficient (Wildman–Crippen LogP) is 3.36. The molecular weight excluding hydrogens is 232 g/mol. The van der Waals surface area contributed by atoms with E-state index < -0.39 is 0 Å². The smallest absolute Gasteiger partial charge is 0.0406 e. The molecule has 0 saturated heterocycles. The average Bonchev–Trinajstić information content (AvgIpc) is 2.40. The van der Waals surface area contributed by atoms with E-state index in [4.69, 9.17) is 11.6 Å². The number of rotatable bonds is 4. The van der Waals surface area contributed by atoms with Crippen molar-refractivity contribution in [2.75, 3.05) is 5.88 Å². The van der Waals surface area contributed by atoms with Crippen molar-refractivity contribution in [3.63, 3.8) is 0 Å². The molecule has 1 N–H and O–H groups in total. The van der Waals surface area contributed by atoms with Gasteiger partial charge in [-0.3, -0.25) is 4.98 Å². The van der Waals surface area contributed by atoms with Gasteiger partial charge in [0, 0.05) is 30.4 Å². The normalized spacial score (nSPS) is 29.2. The lowest BCUT2D eigenvalue weighted by Gasteiger charge is -2.39. The topological polar surface area (TPSA) is 24.9 Å². The molecule has 0 unspecified atom stereocenters. The molecule has 0 spiro atoms. The molecule has 0 aliphatic heterocycles. The van der Waals surface area contributed by atoms with Crippen molar-refractivity contribution >= 4 is 11.6 Å². The van der Waals surface area contributed by atoms with Gasteiger partial charge in [-0.15, -0.1) is 11.6 Å². The van der Waals surface area contributed by atoms with Crippen LogP contribution in [0.5, 0.6) is 0 Å². The van der Waals surface area contributed by atoms with Crippen LogP contribution >= 0.6 is 11.6 Å². The van der Waals surface area contributed by atoms with Crippen molar-refractivity contribution < 1.29 is 0 Å². The maximum atomic E-state index is 6.17. The zero-order valence-electron chi connectivity index (χ0n) is 10.5. The van der Waals surface area contributed by atoms with Gasteiger partial charge < -0.3 is 5.32 Å². The van der Waals surface area contributed by atoms with E-state index >= 15 is 0 Å². The third-order valence-corrected chi connectivity index (χ3v) is 4.39. The molecule has 0 bridgehead atoms. The number of halogens is 1. The van der Waals surface area contributed by atoms with E-state index in [9.17, 15) is 0 Å². The lowest BCUT2D eigenvalue weighted by atomic mass is 9.78. The first-order valence-corrected chi connectivity index (χ1v) is 6.97. The van der Waals surface area contributed by atoms with Crippen LogP contribution in [0, 0.1) is 5.92 Å². The van der Waals surface area contributed by atoms with E-state index in [0.29, 0.717) is 5.88 Å². The molecule has 1 aliphatic carbocycles.